The first-order valence-corrected chi connectivity index (χ1v) is 6.72. The number of carbonyl (C=O) groups excluding carboxylic acids is 1. The molecule has 0 aliphatic heterocycles. The molecule has 0 heterocycles. The third-order valence-corrected chi connectivity index (χ3v) is 3.17. The Balaban J connectivity index is 2.47. The Morgan fingerprint density at radius 1 is 1.22 bits per heavy atom. The lowest BCUT2D eigenvalue weighted by Gasteiger charge is -2.17. The number of hydrogen-bond acceptors (Lipinski definition) is 2. The summed E-state index contributed by atoms with van der Waals surface area (Å²) in [6.07, 6.45) is 3.72. The zero-order valence-corrected chi connectivity index (χ0v) is 11.7. The minimum atomic E-state index is -0.0892. The van der Waals surface area contributed by atoms with Crippen LogP contribution in [0, 0.1) is 11.8 Å². The number of esters is 1. The number of methoxy groups -OCH3 is 1. The summed E-state index contributed by atoms with van der Waals surface area (Å²) in [5, 5.41) is 0. The smallest absolute Gasteiger partial charge is 0.305 e. The zero-order valence-electron chi connectivity index (χ0n) is 11.7. The lowest BCUT2D eigenvalue weighted by molar-refractivity contribution is -0.141. The maximum absolute atomic E-state index is 11.4. The van der Waals surface area contributed by atoms with Crippen molar-refractivity contribution >= 4 is 5.97 Å². The van der Waals surface area contributed by atoms with Gasteiger partial charge in [-0.25, -0.2) is 0 Å². The van der Waals surface area contributed by atoms with E-state index in [0.717, 1.165) is 19.3 Å². The molecule has 0 aliphatic rings. The molecule has 100 valence electrons. The molecule has 2 nitrogen and oxygen atoms in total. The monoisotopic (exact) mass is 248 g/mol. The summed E-state index contributed by atoms with van der Waals surface area (Å²) in [7, 11) is 1.46. The van der Waals surface area contributed by atoms with E-state index in [1.807, 2.05) is 6.07 Å². The van der Waals surface area contributed by atoms with Gasteiger partial charge in [-0.3, -0.25) is 4.79 Å². The number of benzene rings is 1. The highest BCUT2D eigenvalue weighted by Crippen LogP contribution is 2.21. The molecule has 0 unspecified atom stereocenters. The van der Waals surface area contributed by atoms with E-state index in [0.29, 0.717) is 18.3 Å². The van der Waals surface area contributed by atoms with E-state index in [-0.39, 0.29) is 5.97 Å². The molecular formula is C16H24O2. The maximum Gasteiger partial charge on any atom is 0.305 e. The highest BCUT2D eigenvalue weighted by Gasteiger charge is 2.15. The number of carbonyl (C=O) groups is 1. The third kappa shape index (κ3) is 5.85. The van der Waals surface area contributed by atoms with Gasteiger partial charge in [-0.2, -0.15) is 0 Å². The Morgan fingerprint density at radius 3 is 2.44 bits per heavy atom. The van der Waals surface area contributed by atoms with Crippen LogP contribution >= 0.6 is 0 Å². The van der Waals surface area contributed by atoms with E-state index >= 15 is 0 Å². The molecule has 0 radical (unpaired) electrons. The van der Waals surface area contributed by atoms with Crippen LogP contribution in [0.15, 0.2) is 30.3 Å². The van der Waals surface area contributed by atoms with Crippen molar-refractivity contribution in [2.24, 2.45) is 11.8 Å². The van der Waals surface area contributed by atoms with Gasteiger partial charge >= 0.3 is 5.97 Å². The largest absolute Gasteiger partial charge is 0.469 e. The number of ether oxygens (including phenoxy) is 1. The van der Waals surface area contributed by atoms with Crippen LogP contribution < -0.4 is 0 Å². The summed E-state index contributed by atoms with van der Waals surface area (Å²) in [4.78, 5) is 11.4. The first kappa shape index (κ1) is 14.7. The van der Waals surface area contributed by atoms with Gasteiger partial charge in [0.1, 0.15) is 0 Å². The molecular weight excluding hydrogens is 224 g/mol. The molecule has 1 aromatic rings. The topological polar surface area (TPSA) is 26.3 Å². The second-order valence-corrected chi connectivity index (χ2v) is 5.30. The standard InChI is InChI=1S/C16H24O2/c1-13(2)11-15(12-16(17)18-3)10-9-14-7-5-4-6-8-14/h4-8,13,15H,9-12H2,1-3H3/t15-/m1/s1. The Labute approximate surface area is 110 Å². The van der Waals surface area contributed by atoms with Crippen LogP contribution in [0.25, 0.3) is 0 Å². The lowest BCUT2D eigenvalue weighted by atomic mass is 9.89. The molecule has 2 heteroatoms. The summed E-state index contributed by atoms with van der Waals surface area (Å²) >= 11 is 0. The Hall–Kier alpha value is -1.31. The molecule has 1 rings (SSSR count). The van der Waals surface area contributed by atoms with E-state index in [1.54, 1.807) is 0 Å². The lowest BCUT2D eigenvalue weighted by Crippen LogP contribution is -2.13. The quantitative estimate of drug-likeness (QED) is 0.685. The first-order chi connectivity index (χ1) is 8.61. The molecule has 18 heavy (non-hydrogen) atoms. The molecule has 0 spiro atoms. The van der Waals surface area contributed by atoms with Crippen molar-refractivity contribution in [1.29, 1.82) is 0 Å². The molecule has 0 saturated carbocycles. The minimum Gasteiger partial charge on any atom is -0.469 e. The van der Waals surface area contributed by atoms with E-state index in [2.05, 4.69) is 38.1 Å². The van der Waals surface area contributed by atoms with Gasteiger partial charge in [-0.15, -0.1) is 0 Å². The van der Waals surface area contributed by atoms with Crippen LogP contribution in [0.5, 0.6) is 0 Å². The summed E-state index contributed by atoms with van der Waals surface area (Å²) in [5.41, 5.74) is 1.34. The maximum atomic E-state index is 11.4. The van der Waals surface area contributed by atoms with Gasteiger partial charge < -0.3 is 4.74 Å². The molecule has 0 fully saturated rings. The second kappa shape index (κ2) is 7.91. The third-order valence-electron chi connectivity index (χ3n) is 3.17. The van der Waals surface area contributed by atoms with Crippen LogP contribution in [0.2, 0.25) is 0 Å². The fourth-order valence-electron chi connectivity index (χ4n) is 2.30. The van der Waals surface area contributed by atoms with Gasteiger partial charge in [0.25, 0.3) is 0 Å². The van der Waals surface area contributed by atoms with Crippen LogP contribution in [0.3, 0.4) is 0 Å². The van der Waals surface area contributed by atoms with E-state index < -0.39 is 0 Å². The Bertz CT molecular complexity index is 343. The van der Waals surface area contributed by atoms with Crippen molar-refractivity contribution in [3.63, 3.8) is 0 Å². The molecule has 0 saturated heterocycles. The molecule has 1 atom stereocenters. The zero-order chi connectivity index (χ0) is 13.4. The van der Waals surface area contributed by atoms with Crippen LogP contribution in [-0.4, -0.2) is 13.1 Å². The van der Waals surface area contributed by atoms with Crippen LogP contribution in [0.1, 0.15) is 38.7 Å². The second-order valence-electron chi connectivity index (χ2n) is 5.30. The summed E-state index contributed by atoms with van der Waals surface area (Å²) < 4.78 is 4.78. The van der Waals surface area contributed by atoms with Gasteiger partial charge in [0, 0.05) is 6.42 Å². The minimum absolute atomic E-state index is 0.0892. The Kier molecular flexibility index (Phi) is 6.48. The number of hydrogen-bond donors (Lipinski definition) is 0. The highest BCUT2D eigenvalue weighted by molar-refractivity contribution is 5.69. The predicted octanol–water partition coefficient (Wildman–Crippen LogP) is 3.84. The van der Waals surface area contributed by atoms with E-state index in [1.165, 1.54) is 12.7 Å². The molecule has 0 aromatic heterocycles. The number of rotatable bonds is 7. The van der Waals surface area contributed by atoms with Gasteiger partial charge in [0.15, 0.2) is 0 Å². The van der Waals surface area contributed by atoms with Crippen LogP contribution in [-0.2, 0) is 16.0 Å². The van der Waals surface area contributed by atoms with Gasteiger partial charge in [0.2, 0.25) is 0 Å². The predicted molar refractivity (Wildman–Crippen MR) is 74.3 cm³/mol. The molecule has 0 amide bonds. The van der Waals surface area contributed by atoms with Crippen molar-refractivity contribution < 1.29 is 9.53 Å². The number of aryl methyl sites for hydroxylation is 1. The SMILES string of the molecule is COC(=O)C[C@H](CCc1ccccc1)CC(C)C. The molecule has 0 bridgehead atoms. The van der Waals surface area contributed by atoms with Crippen LogP contribution in [0.4, 0.5) is 0 Å². The molecule has 0 aliphatic carbocycles. The fraction of sp³-hybridized carbons (Fsp3) is 0.562. The molecule has 1 aromatic carbocycles. The normalized spacial score (nSPS) is 12.4. The van der Waals surface area contributed by atoms with Crippen molar-refractivity contribution in [2.75, 3.05) is 7.11 Å². The fourth-order valence-corrected chi connectivity index (χ4v) is 2.30. The van der Waals surface area contributed by atoms with Crippen molar-refractivity contribution in [3.8, 4) is 0 Å². The summed E-state index contributed by atoms with van der Waals surface area (Å²) in [6.45, 7) is 4.40. The van der Waals surface area contributed by atoms with Crippen molar-refractivity contribution in [3.05, 3.63) is 35.9 Å². The highest BCUT2D eigenvalue weighted by atomic mass is 16.5. The first-order valence-electron chi connectivity index (χ1n) is 6.72. The molecule has 0 N–H and O–H groups in total. The van der Waals surface area contributed by atoms with E-state index in [4.69, 9.17) is 4.74 Å². The Morgan fingerprint density at radius 2 is 1.89 bits per heavy atom. The van der Waals surface area contributed by atoms with Gasteiger partial charge in [0.05, 0.1) is 7.11 Å². The van der Waals surface area contributed by atoms with Crippen molar-refractivity contribution in [1.82, 2.24) is 0 Å². The van der Waals surface area contributed by atoms with E-state index in [9.17, 15) is 4.79 Å². The van der Waals surface area contributed by atoms with Gasteiger partial charge in [-0.05, 0) is 36.7 Å². The average Bonchev–Trinajstić information content (AvgIpc) is 2.36. The van der Waals surface area contributed by atoms with Crippen molar-refractivity contribution in [2.45, 2.75) is 39.5 Å². The summed E-state index contributed by atoms with van der Waals surface area (Å²) in [6, 6.07) is 10.4. The average molecular weight is 248 g/mol. The van der Waals surface area contributed by atoms with Gasteiger partial charge in [-0.1, -0.05) is 44.2 Å². The summed E-state index contributed by atoms with van der Waals surface area (Å²) in [5.74, 6) is 0.960.